The zero-order chi connectivity index (χ0) is 14.0. The topological polar surface area (TPSA) is 69.9 Å². The fourth-order valence-corrected chi connectivity index (χ4v) is 2.46. The molecule has 0 unspecified atom stereocenters. The third-order valence-electron chi connectivity index (χ3n) is 3.94. The van der Waals surface area contributed by atoms with Gasteiger partial charge in [-0.1, -0.05) is 0 Å². The van der Waals surface area contributed by atoms with E-state index in [-0.39, 0.29) is 6.04 Å². The summed E-state index contributed by atoms with van der Waals surface area (Å²) in [6.45, 7) is 3.75. The van der Waals surface area contributed by atoms with Crippen LogP contribution in [-0.4, -0.2) is 29.1 Å². The summed E-state index contributed by atoms with van der Waals surface area (Å²) in [5.41, 5.74) is 2.26. The average Bonchev–Trinajstić information content (AvgIpc) is 2.41. The summed E-state index contributed by atoms with van der Waals surface area (Å²) in [6, 6.07) is 2.49. The van der Waals surface area contributed by atoms with Gasteiger partial charge in [-0.15, -0.1) is 5.10 Å². The van der Waals surface area contributed by atoms with Crippen molar-refractivity contribution in [3.8, 4) is 6.07 Å². The van der Waals surface area contributed by atoms with E-state index in [1.165, 1.54) is 0 Å². The number of ketones is 1. The predicted molar refractivity (Wildman–Crippen MR) is 71.9 cm³/mol. The molecule has 2 rings (SSSR count). The van der Waals surface area contributed by atoms with E-state index < -0.39 is 0 Å². The number of carbonyl (C=O) groups excluding carboxylic acids is 1. The molecule has 0 radical (unpaired) electrons. The lowest BCUT2D eigenvalue weighted by Crippen LogP contribution is -2.36. The molecular weight excluding hydrogens is 240 g/mol. The zero-order valence-corrected chi connectivity index (χ0v) is 11.6. The second kappa shape index (κ2) is 5.35. The molecule has 0 saturated heterocycles. The van der Waals surface area contributed by atoms with Crippen LogP contribution in [0.3, 0.4) is 0 Å². The molecule has 0 amide bonds. The molecule has 0 atom stereocenters. The van der Waals surface area contributed by atoms with E-state index in [0.717, 1.165) is 24.1 Å². The zero-order valence-electron chi connectivity index (χ0n) is 11.6. The summed E-state index contributed by atoms with van der Waals surface area (Å²) in [7, 11) is 1.93. The molecule has 19 heavy (non-hydrogen) atoms. The van der Waals surface area contributed by atoms with Gasteiger partial charge >= 0.3 is 0 Å². The van der Waals surface area contributed by atoms with Crippen molar-refractivity contribution in [3.63, 3.8) is 0 Å². The number of hydrogen-bond donors (Lipinski definition) is 0. The van der Waals surface area contributed by atoms with Crippen molar-refractivity contribution in [2.24, 2.45) is 0 Å². The summed E-state index contributed by atoms with van der Waals surface area (Å²) in [4.78, 5) is 13.3. The van der Waals surface area contributed by atoms with Crippen molar-refractivity contribution in [3.05, 3.63) is 16.8 Å². The molecular formula is C14H18N4O. The van der Waals surface area contributed by atoms with Gasteiger partial charge in [0.25, 0.3) is 0 Å². The molecule has 1 aromatic heterocycles. The second-order valence-corrected chi connectivity index (χ2v) is 5.10. The van der Waals surface area contributed by atoms with Gasteiger partial charge in [-0.25, -0.2) is 0 Å². The summed E-state index contributed by atoms with van der Waals surface area (Å²) in [5, 5.41) is 17.6. The number of hydrogen-bond acceptors (Lipinski definition) is 5. The van der Waals surface area contributed by atoms with Gasteiger partial charge in [-0.2, -0.15) is 10.4 Å². The van der Waals surface area contributed by atoms with E-state index in [9.17, 15) is 10.1 Å². The van der Waals surface area contributed by atoms with Crippen molar-refractivity contribution < 1.29 is 4.79 Å². The molecule has 1 aliphatic rings. The predicted octanol–water partition coefficient (Wildman–Crippen LogP) is 1.91. The Morgan fingerprint density at radius 2 is 1.89 bits per heavy atom. The number of aryl methyl sites for hydroxylation is 1. The van der Waals surface area contributed by atoms with Gasteiger partial charge in [0.05, 0.1) is 5.69 Å². The standard InChI is InChI=1S/C14H18N4O/c1-9-10(2)16-17-14(13(9)8-15)18(3)11-4-6-12(19)7-5-11/h11H,4-7H2,1-3H3. The number of nitrogens with zero attached hydrogens (tertiary/aromatic N) is 4. The normalized spacial score (nSPS) is 16.2. The molecule has 0 spiro atoms. The third kappa shape index (κ3) is 2.58. The monoisotopic (exact) mass is 258 g/mol. The molecule has 5 heteroatoms. The maximum Gasteiger partial charge on any atom is 0.169 e. The molecule has 0 bridgehead atoms. The van der Waals surface area contributed by atoms with E-state index >= 15 is 0 Å². The number of anilines is 1. The summed E-state index contributed by atoms with van der Waals surface area (Å²) >= 11 is 0. The number of nitriles is 1. The lowest BCUT2D eigenvalue weighted by Gasteiger charge is -2.32. The first-order valence-corrected chi connectivity index (χ1v) is 6.53. The Morgan fingerprint density at radius 3 is 2.47 bits per heavy atom. The van der Waals surface area contributed by atoms with Crippen molar-refractivity contribution >= 4 is 11.6 Å². The SMILES string of the molecule is Cc1nnc(N(C)C2CCC(=O)CC2)c(C#N)c1C. The van der Waals surface area contributed by atoms with Crippen molar-refractivity contribution in [2.75, 3.05) is 11.9 Å². The maximum atomic E-state index is 11.3. The van der Waals surface area contributed by atoms with Crippen LogP contribution in [0.2, 0.25) is 0 Å². The first-order valence-electron chi connectivity index (χ1n) is 6.53. The van der Waals surface area contributed by atoms with Gasteiger partial charge in [0.15, 0.2) is 5.82 Å². The minimum Gasteiger partial charge on any atom is -0.354 e. The number of aromatic nitrogens is 2. The molecule has 100 valence electrons. The minimum atomic E-state index is 0.265. The van der Waals surface area contributed by atoms with Crippen molar-refractivity contribution in [1.29, 1.82) is 5.26 Å². The van der Waals surface area contributed by atoms with E-state index in [0.29, 0.717) is 30.0 Å². The summed E-state index contributed by atoms with van der Waals surface area (Å²) in [5.74, 6) is 0.960. The van der Waals surface area contributed by atoms with E-state index in [4.69, 9.17) is 0 Å². The highest BCUT2D eigenvalue weighted by Gasteiger charge is 2.25. The maximum absolute atomic E-state index is 11.3. The Hall–Kier alpha value is -1.96. The van der Waals surface area contributed by atoms with Crippen LogP contribution in [0.4, 0.5) is 5.82 Å². The lowest BCUT2D eigenvalue weighted by atomic mass is 9.93. The Morgan fingerprint density at radius 1 is 1.26 bits per heavy atom. The van der Waals surface area contributed by atoms with Crippen LogP contribution in [0, 0.1) is 25.2 Å². The Bertz CT molecular complexity index is 537. The van der Waals surface area contributed by atoms with E-state index in [1.54, 1.807) is 0 Å². The van der Waals surface area contributed by atoms with Crippen LogP contribution in [-0.2, 0) is 4.79 Å². The molecule has 1 fully saturated rings. The lowest BCUT2D eigenvalue weighted by molar-refractivity contribution is -0.120. The fourth-order valence-electron chi connectivity index (χ4n) is 2.46. The van der Waals surface area contributed by atoms with Gasteiger partial charge in [0, 0.05) is 25.9 Å². The first kappa shape index (κ1) is 13.5. The molecule has 1 heterocycles. The highest BCUT2D eigenvalue weighted by molar-refractivity contribution is 5.79. The van der Waals surface area contributed by atoms with Crippen LogP contribution in [0.5, 0.6) is 0 Å². The van der Waals surface area contributed by atoms with E-state index in [1.807, 2.05) is 25.8 Å². The number of Topliss-reactive ketones (excluding diaryl/α,β-unsaturated/α-hetero) is 1. The Balaban J connectivity index is 2.29. The van der Waals surface area contributed by atoms with Gasteiger partial charge in [0.1, 0.15) is 17.4 Å². The highest BCUT2D eigenvalue weighted by atomic mass is 16.1. The quantitative estimate of drug-likeness (QED) is 0.810. The van der Waals surface area contributed by atoms with Crippen molar-refractivity contribution in [2.45, 2.75) is 45.6 Å². The second-order valence-electron chi connectivity index (χ2n) is 5.10. The summed E-state index contributed by atoms with van der Waals surface area (Å²) in [6.07, 6.45) is 2.90. The van der Waals surface area contributed by atoms with Gasteiger partial charge < -0.3 is 4.90 Å². The highest BCUT2D eigenvalue weighted by Crippen LogP contribution is 2.27. The average molecular weight is 258 g/mol. The molecule has 1 aliphatic carbocycles. The smallest absolute Gasteiger partial charge is 0.169 e. The molecule has 0 aliphatic heterocycles. The van der Waals surface area contributed by atoms with Crippen LogP contribution in [0.25, 0.3) is 0 Å². The first-order chi connectivity index (χ1) is 9.04. The van der Waals surface area contributed by atoms with Gasteiger partial charge in [-0.3, -0.25) is 4.79 Å². The Kier molecular flexibility index (Phi) is 3.79. The molecule has 0 N–H and O–H groups in total. The Labute approximate surface area is 113 Å². The van der Waals surface area contributed by atoms with Crippen LogP contribution in [0.1, 0.15) is 42.5 Å². The molecule has 0 aromatic carbocycles. The van der Waals surface area contributed by atoms with Gasteiger partial charge in [-0.05, 0) is 32.3 Å². The van der Waals surface area contributed by atoms with Crippen LogP contribution < -0.4 is 4.90 Å². The van der Waals surface area contributed by atoms with Crippen LogP contribution in [0.15, 0.2) is 0 Å². The third-order valence-corrected chi connectivity index (χ3v) is 3.94. The van der Waals surface area contributed by atoms with Gasteiger partial charge in [0.2, 0.25) is 0 Å². The summed E-state index contributed by atoms with van der Waals surface area (Å²) < 4.78 is 0. The molecule has 5 nitrogen and oxygen atoms in total. The number of carbonyl (C=O) groups is 1. The van der Waals surface area contributed by atoms with E-state index in [2.05, 4.69) is 16.3 Å². The fraction of sp³-hybridized carbons (Fsp3) is 0.571. The minimum absolute atomic E-state index is 0.265. The molecule has 1 saturated carbocycles. The largest absolute Gasteiger partial charge is 0.354 e. The van der Waals surface area contributed by atoms with Crippen molar-refractivity contribution in [1.82, 2.24) is 10.2 Å². The number of rotatable bonds is 2. The molecule has 1 aromatic rings. The van der Waals surface area contributed by atoms with Crippen LogP contribution >= 0.6 is 0 Å².